The quantitative estimate of drug-likeness (QED) is 0.742. The number of fused-ring (bicyclic) bond motifs is 1. The molecule has 0 saturated carbocycles. The average Bonchev–Trinajstić information content (AvgIpc) is 2.26. The number of para-hydroxylation sites is 1. The highest BCUT2D eigenvalue weighted by atomic mass is 19.4. The Kier molecular flexibility index (Phi) is 3.09. The summed E-state index contributed by atoms with van der Waals surface area (Å²) in [5.74, 6) is -0.871. The zero-order valence-corrected chi connectivity index (χ0v) is 9.13. The number of carbonyl (C=O) groups excluding carboxylic acids is 1. The summed E-state index contributed by atoms with van der Waals surface area (Å²) in [5.41, 5.74) is 1.56. The minimum Gasteiger partial charge on any atom is -0.312 e. The lowest BCUT2D eigenvalue weighted by Crippen LogP contribution is -2.37. The van der Waals surface area contributed by atoms with Gasteiger partial charge in [0, 0.05) is 12.2 Å². The molecule has 2 nitrogen and oxygen atoms in total. The van der Waals surface area contributed by atoms with E-state index in [1.807, 2.05) is 12.1 Å². The third-order valence-electron chi connectivity index (χ3n) is 2.76. The molecule has 0 N–H and O–H groups in total. The Morgan fingerprint density at radius 2 is 2.00 bits per heavy atom. The molecule has 2 rings (SSSR count). The predicted octanol–water partition coefficient (Wildman–Crippen LogP) is 2.92. The van der Waals surface area contributed by atoms with Gasteiger partial charge in [0.1, 0.15) is 6.42 Å². The molecule has 0 unspecified atom stereocenters. The zero-order chi connectivity index (χ0) is 12.5. The van der Waals surface area contributed by atoms with Gasteiger partial charge in [-0.05, 0) is 24.5 Å². The second-order valence-electron chi connectivity index (χ2n) is 4.07. The highest BCUT2D eigenvalue weighted by Gasteiger charge is 2.34. The highest BCUT2D eigenvalue weighted by Crippen LogP contribution is 2.29. The number of carbonyl (C=O) groups is 1. The number of amides is 1. The van der Waals surface area contributed by atoms with E-state index in [0.29, 0.717) is 18.7 Å². The van der Waals surface area contributed by atoms with Gasteiger partial charge in [-0.1, -0.05) is 18.2 Å². The van der Waals surface area contributed by atoms with Crippen LogP contribution in [0.15, 0.2) is 24.3 Å². The number of hydrogen-bond donors (Lipinski definition) is 0. The first-order chi connectivity index (χ1) is 7.97. The monoisotopic (exact) mass is 243 g/mol. The van der Waals surface area contributed by atoms with Crippen LogP contribution in [0.4, 0.5) is 18.9 Å². The lowest BCUT2D eigenvalue weighted by atomic mass is 10.0. The molecular formula is C12H12F3NO. The van der Waals surface area contributed by atoms with Crippen LogP contribution in [-0.2, 0) is 11.2 Å². The molecule has 1 aliphatic heterocycles. The van der Waals surface area contributed by atoms with Crippen LogP contribution in [-0.4, -0.2) is 18.6 Å². The molecule has 0 saturated heterocycles. The van der Waals surface area contributed by atoms with Crippen molar-refractivity contribution in [2.75, 3.05) is 11.4 Å². The molecule has 5 heteroatoms. The van der Waals surface area contributed by atoms with Crippen molar-refractivity contribution in [3.8, 4) is 0 Å². The normalized spacial score (nSPS) is 15.6. The molecule has 17 heavy (non-hydrogen) atoms. The molecular weight excluding hydrogens is 231 g/mol. The van der Waals surface area contributed by atoms with Crippen molar-refractivity contribution in [2.24, 2.45) is 0 Å². The highest BCUT2D eigenvalue weighted by molar-refractivity contribution is 5.94. The van der Waals surface area contributed by atoms with Gasteiger partial charge in [0.2, 0.25) is 5.91 Å². The topological polar surface area (TPSA) is 20.3 Å². The maximum Gasteiger partial charge on any atom is 0.397 e. The zero-order valence-electron chi connectivity index (χ0n) is 9.13. The van der Waals surface area contributed by atoms with Gasteiger partial charge in [-0.2, -0.15) is 13.2 Å². The first-order valence-corrected chi connectivity index (χ1v) is 5.42. The van der Waals surface area contributed by atoms with E-state index >= 15 is 0 Å². The van der Waals surface area contributed by atoms with Crippen LogP contribution in [0.25, 0.3) is 0 Å². The molecule has 0 fully saturated rings. The van der Waals surface area contributed by atoms with Gasteiger partial charge in [-0.15, -0.1) is 0 Å². The van der Waals surface area contributed by atoms with Crippen LogP contribution in [0, 0.1) is 0 Å². The number of nitrogens with zero attached hydrogens (tertiary/aromatic N) is 1. The second-order valence-corrected chi connectivity index (χ2v) is 4.07. The molecule has 0 atom stereocenters. The van der Waals surface area contributed by atoms with Gasteiger partial charge in [0.15, 0.2) is 0 Å². The van der Waals surface area contributed by atoms with Crippen LogP contribution in [0.2, 0.25) is 0 Å². The molecule has 1 aliphatic rings. The molecule has 92 valence electrons. The number of hydrogen-bond acceptors (Lipinski definition) is 1. The van der Waals surface area contributed by atoms with Crippen molar-refractivity contribution >= 4 is 11.6 Å². The number of rotatable bonds is 1. The van der Waals surface area contributed by atoms with E-state index in [-0.39, 0.29) is 0 Å². The standard InChI is InChI=1S/C12H12F3NO/c13-12(14,15)8-11(17)16-7-3-5-9-4-1-2-6-10(9)16/h1-2,4,6H,3,5,7-8H2. The van der Waals surface area contributed by atoms with E-state index < -0.39 is 18.5 Å². The lowest BCUT2D eigenvalue weighted by Gasteiger charge is -2.29. The fourth-order valence-corrected chi connectivity index (χ4v) is 2.06. The summed E-state index contributed by atoms with van der Waals surface area (Å²) in [6.45, 7) is 0.367. The molecule has 0 bridgehead atoms. The Morgan fingerprint density at radius 1 is 1.29 bits per heavy atom. The smallest absolute Gasteiger partial charge is 0.312 e. The fraction of sp³-hybridized carbons (Fsp3) is 0.417. The maximum atomic E-state index is 12.2. The molecule has 0 spiro atoms. The first-order valence-electron chi connectivity index (χ1n) is 5.42. The Balaban J connectivity index is 2.21. The summed E-state index contributed by atoms with van der Waals surface area (Å²) >= 11 is 0. The minimum atomic E-state index is -4.44. The number of anilines is 1. The Labute approximate surface area is 97.0 Å². The third-order valence-corrected chi connectivity index (χ3v) is 2.76. The van der Waals surface area contributed by atoms with Crippen molar-refractivity contribution in [1.82, 2.24) is 0 Å². The Bertz CT molecular complexity index is 428. The fourth-order valence-electron chi connectivity index (χ4n) is 2.06. The van der Waals surface area contributed by atoms with E-state index in [1.165, 1.54) is 4.90 Å². The number of halogens is 3. The van der Waals surface area contributed by atoms with Crippen molar-refractivity contribution in [3.05, 3.63) is 29.8 Å². The maximum absolute atomic E-state index is 12.2. The number of alkyl halides is 3. The van der Waals surface area contributed by atoms with Gasteiger partial charge < -0.3 is 4.90 Å². The Hall–Kier alpha value is -1.52. The van der Waals surface area contributed by atoms with E-state index in [1.54, 1.807) is 12.1 Å². The summed E-state index contributed by atoms with van der Waals surface area (Å²) in [6, 6.07) is 7.11. The van der Waals surface area contributed by atoms with Crippen molar-refractivity contribution in [2.45, 2.75) is 25.4 Å². The molecule has 0 radical (unpaired) electrons. The van der Waals surface area contributed by atoms with Crippen LogP contribution >= 0.6 is 0 Å². The lowest BCUT2D eigenvalue weighted by molar-refractivity contribution is -0.151. The predicted molar refractivity (Wildman–Crippen MR) is 57.8 cm³/mol. The molecule has 0 aromatic heterocycles. The second kappa shape index (κ2) is 4.39. The van der Waals surface area contributed by atoms with E-state index in [2.05, 4.69) is 0 Å². The summed E-state index contributed by atoms with van der Waals surface area (Å²) in [7, 11) is 0. The summed E-state index contributed by atoms with van der Waals surface area (Å²) in [5, 5.41) is 0. The van der Waals surface area contributed by atoms with Gasteiger partial charge in [-0.3, -0.25) is 4.79 Å². The molecule has 0 aliphatic carbocycles. The van der Waals surface area contributed by atoms with Crippen molar-refractivity contribution < 1.29 is 18.0 Å². The first kappa shape index (κ1) is 12.0. The van der Waals surface area contributed by atoms with E-state index in [0.717, 1.165) is 12.0 Å². The van der Waals surface area contributed by atoms with E-state index in [9.17, 15) is 18.0 Å². The minimum absolute atomic E-state index is 0.367. The van der Waals surface area contributed by atoms with Gasteiger partial charge in [-0.25, -0.2) is 0 Å². The third kappa shape index (κ3) is 2.78. The molecule has 1 aromatic rings. The largest absolute Gasteiger partial charge is 0.397 e. The summed E-state index contributed by atoms with van der Waals surface area (Å²) < 4.78 is 36.6. The van der Waals surface area contributed by atoms with Crippen LogP contribution in [0.5, 0.6) is 0 Å². The molecule has 1 aromatic carbocycles. The Morgan fingerprint density at radius 3 is 2.71 bits per heavy atom. The van der Waals surface area contributed by atoms with Crippen LogP contribution < -0.4 is 4.90 Å². The van der Waals surface area contributed by atoms with Crippen molar-refractivity contribution in [3.63, 3.8) is 0 Å². The summed E-state index contributed by atoms with van der Waals surface area (Å²) in [6.07, 6.45) is -4.31. The average molecular weight is 243 g/mol. The van der Waals surface area contributed by atoms with Gasteiger partial charge in [0.05, 0.1) is 0 Å². The van der Waals surface area contributed by atoms with E-state index in [4.69, 9.17) is 0 Å². The molecule has 1 heterocycles. The van der Waals surface area contributed by atoms with Crippen LogP contribution in [0.3, 0.4) is 0 Å². The number of benzene rings is 1. The van der Waals surface area contributed by atoms with Gasteiger partial charge in [0.25, 0.3) is 0 Å². The molecule has 1 amide bonds. The number of aryl methyl sites for hydroxylation is 1. The van der Waals surface area contributed by atoms with Crippen molar-refractivity contribution in [1.29, 1.82) is 0 Å². The SMILES string of the molecule is O=C(CC(F)(F)F)N1CCCc2ccccc21. The van der Waals surface area contributed by atoms with Gasteiger partial charge >= 0.3 is 6.18 Å². The summed E-state index contributed by atoms with van der Waals surface area (Å²) in [4.78, 5) is 12.8. The van der Waals surface area contributed by atoms with Crippen LogP contribution in [0.1, 0.15) is 18.4 Å².